The second-order valence-corrected chi connectivity index (χ2v) is 6.85. The monoisotopic (exact) mass is 398 g/mol. The van der Waals surface area contributed by atoms with Crippen LogP contribution in [0.4, 0.5) is 22.7 Å². The minimum absolute atomic E-state index is 0.519. The quantitative estimate of drug-likeness (QED) is 0.340. The number of ether oxygens (including phenoxy) is 2. The lowest BCUT2D eigenvalue weighted by Crippen LogP contribution is -1.95. The van der Waals surface area contributed by atoms with Gasteiger partial charge in [-0.25, -0.2) is 0 Å². The maximum absolute atomic E-state index is 6.20. The summed E-state index contributed by atoms with van der Waals surface area (Å²) in [6.07, 6.45) is 0. The summed E-state index contributed by atoms with van der Waals surface area (Å²) in [7, 11) is 0. The molecule has 0 atom stereocenters. The van der Waals surface area contributed by atoms with Crippen LogP contribution >= 0.6 is 0 Å². The van der Waals surface area contributed by atoms with Crippen molar-refractivity contribution in [2.75, 3.05) is 22.9 Å². The first-order valence-electron chi connectivity index (χ1n) is 9.34. The average Bonchev–Trinajstić information content (AvgIpc) is 2.74. The van der Waals surface area contributed by atoms with Crippen LogP contribution in [0.25, 0.3) is 11.1 Å². The Morgan fingerprint density at radius 1 is 0.433 bits per heavy atom. The van der Waals surface area contributed by atoms with E-state index in [-0.39, 0.29) is 0 Å². The molecule has 6 nitrogen and oxygen atoms in total. The zero-order chi connectivity index (χ0) is 21.1. The zero-order valence-electron chi connectivity index (χ0n) is 16.2. The van der Waals surface area contributed by atoms with Crippen LogP contribution < -0.4 is 32.4 Å². The number of benzene rings is 4. The highest BCUT2D eigenvalue weighted by atomic mass is 16.5. The highest BCUT2D eigenvalue weighted by Crippen LogP contribution is 2.35. The van der Waals surface area contributed by atoms with Crippen LogP contribution in [0.3, 0.4) is 0 Å². The molecule has 8 N–H and O–H groups in total. The molecule has 0 heterocycles. The van der Waals surface area contributed by atoms with Gasteiger partial charge in [0.2, 0.25) is 0 Å². The van der Waals surface area contributed by atoms with Crippen molar-refractivity contribution in [2.24, 2.45) is 0 Å². The molecule has 4 aromatic rings. The summed E-state index contributed by atoms with van der Waals surface area (Å²) in [4.78, 5) is 0. The van der Waals surface area contributed by atoms with Crippen LogP contribution in [-0.2, 0) is 0 Å². The van der Waals surface area contributed by atoms with Gasteiger partial charge in [0.25, 0.3) is 0 Å². The molecule has 0 fully saturated rings. The fourth-order valence-electron chi connectivity index (χ4n) is 2.97. The summed E-state index contributed by atoms with van der Waals surface area (Å²) >= 11 is 0. The van der Waals surface area contributed by atoms with Gasteiger partial charge >= 0.3 is 0 Å². The summed E-state index contributed by atoms with van der Waals surface area (Å²) in [5, 5.41) is 0. The second-order valence-electron chi connectivity index (χ2n) is 6.85. The summed E-state index contributed by atoms with van der Waals surface area (Å²) in [5.41, 5.74) is 28.0. The standard InChI is InChI=1S/C24H22N4O2/c25-17-3-7-19(8-4-17)29-23-11-1-15(13-21(23)27)16-2-12-24(22(28)14-16)30-20-9-5-18(26)6-10-20/h1-14H,25-28H2. The Bertz CT molecular complexity index is 1080. The SMILES string of the molecule is Nc1ccc(Oc2ccc(-c3ccc(Oc4ccc(N)cc4)c(N)c3)cc2N)cc1. The molecule has 0 bridgehead atoms. The highest BCUT2D eigenvalue weighted by Gasteiger charge is 2.09. The Morgan fingerprint density at radius 3 is 1.13 bits per heavy atom. The summed E-state index contributed by atoms with van der Waals surface area (Å²) in [6, 6.07) is 25.5. The van der Waals surface area contributed by atoms with Crippen molar-refractivity contribution >= 4 is 22.7 Å². The van der Waals surface area contributed by atoms with E-state index in [0.29, 0.717) is 45.7 Å². The molecule has 0 saturated carbocycles. The molecule has 0 aliphatic carbocycles. The maximum Gasteiger partial charge on any atom is 0.150 e. The Kier molecular flexibility index (Phi) is 5.05. The number of anilines is 4. The third-order valence-electron chi connectivity index (χ3n) is 4.57. The van der Waals surface area contributed by atoms with Crippen LogP contribution in [0.5, 0.6) is 23.0 Å². The van der Waals surface area contributed by atoms with Crippen molar-refractivity contribution < 1.29 is 9.47 Å². The molecule has 0 aliphatic rings. The van der Waals surface area contributed by atoms with Crippen LogP contribution in [0.2, 0.25) is 0 Å². The van der Waals surface area contributed by atoms with Crippen LogP contribution in [-0.4, -0.2) is 0 Å². The van der Waals surface area contributed by atoms with Gasteiger partial charge in [-0.2, -0.15) is 0 Å². The predicted octanol–water partition coefficient (Wildman–Crippen LogP) is 5.27. The topological polar surface area (TPSA) is 123 Å². The lowest BCUT2D eigenvalue weighted by atomic mass is 10.0. The number of hydrogen-bond donors (Lipinski definition) is 4. The molecule has 6 heteroatoms. The number of nitrogens with two attached hydrogens (primary N) is 4. The Balaban J connectivity index is 1.53. The van der Waals surface area contributed by atoms with Gasteiger partial charge in [-0.05, 0) is 83.9 Å². The molecule has 0 spiro atoms. The fraction of sp³-hybridized carbons (Fsp3) is 0. The molecule has 0 radical (unpaired) electrons. The molecular weight excluding hydrogens is 376 g/mol. The average molecular weight is 398 g/mol. The molecule has 0 saturated heterocycles. The van der Waals surface area contributed by atoms with E-state index in [0.717, 1.165) is 11.1 Å². The predicted molar refractivity (Wildman–Crippen MR) is 123 cm³/mol. The maximum atomic E-state index is 6.20. The van der Waals surface area contributed by atoms with Gasteiger partial charge in [-0.3, -0.25) is 0 Å². The molecule has 4 rings (SSSR count). The zero-order valence-corrected chi connectivity index (χ0v) is 16.2. The molecule has 0 aliphatic heterocycles. The Labute approximate surface area is 174 Å². The minimum Gasteiger partial charge on any atom is -0.455 e. The van der Waals surface area contributed by atoms with Gasteiger partial charge in [-0.15, -0.1) is 0 Å². The Hall–Kier alpha value is -4.32. The normalized spacial score (nSPS) is 10.5. The van der Waals surface area contributed by atoms with Gasteiger partial charge < -0.3 is 32.4 Å². The second kappa shape index (κ2) is 7.97. The van der Waals surface area contributed by atoms with E-state index in [2.05, 4.69) is 0 Å². The van der Waals surface area contributed by atoms with Crippen molar-refractivity contribution in [3.05, 3.63) is 84.9 Å². The van der Waals surface area contributed by atoms with Crippen LogP contribution in [0, 0.1) is 0 Å². The van der Waals surface area contributed by atoms with E-state index in [1.54, 1.807) is 48.5 Å². The minimum atomic E-state index is 0.519. The molecule has 0 aromatic heterocycles. The van der Waals surface area contributed by atoms with Gasteiger partial charge in [0.15, 0.2) is 0 Å². The lowest BCUT2D eigenvalue weighted by molar-refractivity contribution is 0.485. The van der Waals surface area contributed by atoms with Gasteiger partial charge in [-0.1, -0.05) is 12.1 Å². The first-order chi connectivity index (χ1) is 14.5. The number of hydrogen-bond acceptors (Lipinski definition) is 6. The van der Waals surface area contributed by atoms with Crippen molar-refractivity contribution in [2.45, 2.75) is 0 Å². The third-order valence-corrected chi connectivity index (χ3v) is 4.57. The van der Waals surface area contributed by atoms with Gasteiger partial charge in [0.1, 0.15) is 23.0 Å². The molecule has 150 valence electrons. The fourth-order valence-corrected chi connectivity index (χ4v) is 2.97. The van der Waals surface area contributed by atoms with E-state index in [1.165, 1.54) is 0 Å². The smallest absolute Gasteiger partial charge is 0.150 e. The van der Waals surface area contributed by atoms with Crippen LogP contribution in [0.1, 0.15) is 0 Å². The number of rotatable bonds is 5. The number of nitrogen functional groups attached to an aromatic ring is 4. The van der Waals surface area contributed by atoms with E-state index in [4.69, 9.17) is 32.4 Å². The largest absolute Gasteiger partial charge is 0.455 e. The van der Waals surface area contributed by atoms with E-state index in [1.807, 2.05) is 36.4 Å². The molecular formula is C24H22N4O2. The Morgan fingerprint density at radius 2 is 0.800 bits per heavy atom. The summed E-state index contributed by atoms with van der Waals surface area (Å²) in [6.45, 7) is 0. The molecule has 0 amide bonds. The van der Waals surface area contributed by atoms with E-state index >= 15 is 0 Å². The molecule has 0 unspecified atom stereocenters. The van der Waals surface area contributed by atoms with Crippen molar-refractivity contribution in [1.29, 1.82) is 0 Å². The van der Waals surface area contributed by atoms with E-state index < -0.39 is 0 Å². The van der Waals surface area contributed by atoms with Crippen molar-refractivity contribution in [3.8, 4) is 34.1 Å². The van der Waals surface area contributed by atoms with Crippen molar-refractivity contribution in [3.63, 3.8) is 0 Å². The van der Waals surface area contributed by atoms with E-state index in [9.17, 15) is 0 Å². The van der Waals surface area contributed by atoms with Crippen molar-refractivity contribution in [1.82, 2.24) is 0 Å². The lowest BCUT2D eigenvalue weighted by Gasteiger charge is -2.13. The molecule has 30 heavy (non-hydrogen) atoms. The van der Waals surface area contributed by atoms with Gasteiger partial charge in [0, 0.05) is 11.4 Å². The van der Waals surface area contributed by atoms with Gasteiger partial charge in [0.05, 0.1) is 11.4 Å². The summed E-state index contributed by atoms with van der Waals surface area (Å²) in [5.74, 6) is 2.47. The molecule has 4 aromatic carbocycles. The first-order valence-corrected chi connectivity index (χ1v) is 9.34. The first kappa shape index (κ1) is 19.0. The third kappa shape index (κ3) is 4.23. The highest BCUT2D eigenvalue weighted by molar-refractivity contribution is 5.75. The van der Waals surface area contributed by atoms with Crippen LogP contribution in [0.15, 0.2) is 84.9 Å². The summed E-state index contributed by atoms with van der Waals surface area (Å²) < 4.78 is 11.7.